The Morgan fingerprint density at radius 1 is 0.474 bits per heavy atom. The Balaban J connectivity index is 1.34. The number of fused-ring (bicyclic) bond motifs is 2. The van der Waals surface area contributed by atoms with Gasteiger partial charge in [0.1, 0.15) is 11.4 Å². The highest BCUT2D eigenvalue weighted by atomic mass is 16.1. The molecule has 8 heteroatoms. The van der Waals surface area contributed by atoms with Gasteiger partial charge < -0.3 is 9.13 Å². The Bertz CT molecular complexity index is 1820. The summed E-state index contributed by atoms with van der Waals surface area (Å²) in [6.07, 6.45) is 10.8. The molecule has 3 aromatic rings. The van der Waals surface area contributed by atoms with Crippen LogP contribution in [0.25, 0.3) is 45.5 Å². The van der Waals surface area contributed by atoms with Gasteiger partial charge in [0.05, 0.1) is 23.8 Å². The van der Waals surface area contributed by atoms with E-state index in [0.717, 1.165) is 22.5 Å². The first-order valence-corrected chi connectivity index (χ1v) is 12.1. The van der Waals surface area contributed by atoms with Crippen molar-refractivity contribution in [3.63, 3.8) is 0 Å². The number of nitrogens with zero attached hydrogens (tertiary/aromatic N) is 6. The number of aromatic nitrogens is 6. The largest absolute Gasteiger partial charge is 0.317 e. The molecule has 4 aliphatic rings. The SMILES string of the molecule is O=c1c(-c2ccccc2)nc2cn(-c3ccccc3-n3ccn4c(=O)c(-c5ccccc5)nc-4c3)ccn1-2. The minimum absolute atomic E-state index is 0.159. The number of benzene rings is 3. The summed E-state index contributed by atoms with van der Waals surface area (Å²) in [5, 5.41) is 0. The lowest BCUT2D eigenvalue weighted by Gasteiger charge is -2.16. The first-order valence-electron chi connectivity index (χ1n) is 12.1. The maximum absolute atomic E-state index is 13.0. The van der Waals surface area contributed by atoms with Crippen LogP contribution in [0.5, 0.6) is 0 Å². The molecule has 4 heterocycles. The van der Waals surface area contributed by atoms with Gasteiger partial charge in [0, 0.05) is 35.9 Å². The molecule has 4 aliphatic heterocycles. The average Bonchev–Trinajstić information content (AvgIpc) is 3.49. The molecule has 0 saturated carbocycles. The van der Waals surface area contributed by atoms with Crippen LogP contribution in [0.2, 0.25) is 0 Å². The van der Waals surface area contributed by atoms with Gasteiger partial charge in [-0.1, -0.05) is 72.8 Å². The van der Waals surface area contributed by atoms with Crippen LogP contribution in [0.3, 0.4) is 0 Å². The molecule has 8 nitrogen and oxygen atoms in total. The van der Waals surface area contributed by atoms with Crippen molar-refractivity contribution in [3.05, 3.63) is 143 Å². The molecule has 38 heavy (non-hydrogen) atoms. The van der Waals surface area contributed by atoms with Crippen molar-refractivity contribution in [3.8, 4) is 45.5 Å². The summed E-state index contributed by atoms with van der Waals surface area (Å²) in [7, 11) is 0. The molecule has 0 unspecified atom stereocenters. The maximum atomic E-state index is 13.0. The van der Waals surface area contributed by atoms with E-state index in [2.05, 4.69) is 9.97 Å². The Morgan fingerprint density at radius 2 is 0.868 bits per heavy atom. The van der Waals surface area contributed by atoms with Crippen LogP contribution in [-0.4, -0.2) is 28.2 Å². The van der Waals surface area contributed by atoms with Crippen LogP contribution in [0, 0.1) is 0 Å². The molecule has 0 saturated heterocycles. The van der Waals surface area contributed by atoms with Gasteiger partial charge >= 0.3 is 0 Å². The summed E-state index contributed by atoms with van der Waals surface area (Å²) in [4.78, 5) is 35.2. The third-order valence-corrected chi connectivity index (χ3v) is 6.58. The van der Waals surface area contributed by atoms with Crippen molar-refractivity contribution in [2.45, 2.75) is 0 Å². The highest BCUT2D eigenvalue weighted by Gasteiger charge is 2.18. The predicted molar refractivity (Wildman–Crippen MR) is 145 cm³/mol. The Kier molecular flexibility index (Phi) is 4.90. The molecule has 0 spiro atoms. The quantitative estimate of drug-likeness (QED) is 0.358. The van der Waals surface area contributed by atoms with Gasteiger partial charge in [-0.2, -0.15) is 0 Å². The first-order chi connectivity index (χ1) is 18.7. The molecule has 0 radical (unpaired) electrons. The zero-order valence-electron chi connectivity index (χ0n) is 20.0. The van der Waals surface area contributed by atoms with Crippen LogP contribution in [-0.2, 0) is 0 Å². The molecular weight excluding hydrogens is 476 g/mol. The van der Waals surface area contributed by atoms with Crippen LogP contribution < -0.4 is 11.1 Å². The van der Waals surface area contributed by atoms with Gasteiger partial charge in [-0.15, -0.1) is 0 Å². The molecule has 0 bridgehead atoms. The highest BCUT2D eigenvalue weighted by molar-refractivity contribution is 5.62. The fraction of sp³-hybridized carbons (Fsp3) is 0. The molecular formula is C30H20N6O2. The van der Waals surface area contributed by atoms with E-state index in [9.17, 15) is 9.59 Å². The monoisotopic (exact) mass is 496 g/mol. The van der Waals surface area contributed by atoms with Crippen molar-refractivity contribution >= 4 is 0 Å². The molecule has 0 N–H and O–H groups in total. The summed E-state index contributed by atoms with van der Waals surface area (Å²) >= 11 is 0. The fourth-order valence-electron chi connectivity index (χ4n) is 4.72. The number of hydrogen-bond acceptors (Lipinski definition) is 4. The molecule has 182 valence electrons. The molecule has 0 fully saturated rings. The topological polar surface area (TPSA) is 79.6 Å². The lowest BCUT2D eigenvalue weighted by molar-refractivity contribution is 0.878. The van der Waals surface area contributed by atoms with E-state index in [-0.39, 0.29) is 11.1 Å². The predicted octanol–water partition coefficient (Wildman–Crippen LogP) is 4.57. The van der Waals surface area contributed by atoms with E-state index in [0.29, 0.717) is 23.0 Å². The zero-order valence-corrected chi connectivity index (χ0v) is 20.0. The third kappa shape index (κ3) is 3.47. The van der Waals surface area contributed by atoms with Crippen molar-refractivity contribution in [1.82, 2.24) is 28.2 Å². The number of imidazole rings is 2. The van der Waals surface area contributed by atoms with Gasteiger partial charge in [-0.3, -0.25) is 18.7 Å². The zero-order chi connectivity index (χ0) is 25.6. The third-order valence-electron chi connectivity index (χ3n) is 6.58. The van der Waals surface area contributed by atoms with E-state index in [1.54, 1.807) is 21.5 Å². The maximum Gasteiger partial charge on any atom is 0.282 e. The smallest absolute Gasteiger partial charge is 0.282 e. The number of rotatable bonds is 4. The normalized spacial score (nSPS) is 11.4. The summed E-state index contributed by atoms with van der Waals surface area (Å²) in [5.74, 6) is 1.09. The van der Waals surface area contributed by atoms with Crippen LogP contribution in [0.15, 0.2) is 132 Å². The molecule has 0 aromatic heterocycles. The van der Waals surface area contributed by atoms with Crippen LogP contribution >= 0.6 is 0 Å². The van der Waals surface area contributed by atoms with Gasteiger partial charge in [0.15, 0.2) is 11.6 Å². The Hall–Kier alpha value is -5.50. The van der Waals surface area contributed by atoms with Crippen LogP contribution in [0.1, 0.15) is 0 Å². The van der Waals surface area contributed by atoms with Crippen molar-refractivity contribution < 1.29 is 0 Å². The fourth-order valence-corrected chi connectivity index (χ4v) is 4.72. The number of hydrogen-bond donors (Lipinski definition) is 0. The number of para-hydroxylation sites is 2. The van der Waals surface area contributed by atoms with Gasteiger partial charge in [-0.25, -0.2) is 9.97 Å². The van der Waals surface area contributed by atoms with Gasteiger partial charge in [0.2, 0.25) is 0 Å². The molecule has 0 amide bonds. The lowest BCUT2D eigenvalue weighted by atomic mass is 10.2. The van der Waals surface area contributed by atoms with E-state index in [1.165, 1.54) is 0 Å². The minimum Gasteiger partial charge on any atom is -0.317 e. The van der Waals surface area contributed by atoms with Crippen molar-refractivity contribution in [2.75, 3.05) is 0 Å². The molecule has 0 aliphatic carbocycles. The van der Waals surface area contributed by atoms with Gasteiger partial charge in [-0.05, 0) is 12.1 Å². The second-order valence-corrected chi connectivity index (χ2v) is 8.88. The summed E-state index contributed by atoms with van der Waals surface area (Å²) in [6.45, 7) is 0. The molecule has 0 atom stereocenters. The second kappa shape index (κ2) is 8.56. The standard InChI is InChI=1S/C30H20N6O2/c37-29-27(21-9-3-1-4-10-21)31-25-19-33(15-17-35(25)29)23-13-7-8-14-24(23)34-16-18-36-26(20-34)32-28(30(36)38)22-11-5-2-6-12-22/h1-20H. The lowest BCUT2D eigenvalue weighted by Crippen LogP contribution is -2.16. The molecule has 3 aromatic carbocycles. The Labute approximate surface area is 216 Å². The minimum atomic E-state index is -0.159. The average molecular weight is 497 g/mol. The Morgan fingerprint density at radius 3 is 1.29 bits per heavy atom. The van der Waals surface area contributed by atoms with Gasteiger partial charge in [0.25, 0.3) is 11.1 Å². The van der Waals surface area contributed by atoms with Crippen molar-refractivity contribution in [1.29, 1.82) is 0 Å². The van der Waals surface area contributed by atoms with Crippen molar-refractivity contribution in [2.24, 2.45) is 0 Å². The second-order valence-electron chi connectivity index (χ2n) is 8.88. The van der Waals surface area contributed by atoms with Crippen LogP contribution in [0.4, 0.5) is 0 Å². The van der Waals surface area contributed by atoms with E-state index < -0.39 is 0 Å². The van der Waals surface area contributed by atoms with E-state index in [4.69, 9.17) is 0 Å². The molecule has 7 rings (SSSR count). The summed E-state index contributed by atoms with van der Waals surface area (Å²) in [5.41, 5.74) is 3.82. The summed E-state index contributed by atoms with van der Waals surface area (Å²) in [6, 6.07) is 26.8. The van der Waals surface area contributed by atoms with E-state index in [1.807, 2.05) is 119 Å². The highest BCUT2D eigenvalue weighted by Crippen LogP contribution is 2.24. The van der Waals surface area contributed by atoms with E-state index >= 15 is 0 Å². The summed E-state index contributed by atoms with van der Waals surface area (Å²) < 4.78 is 6.96. The first kappa shape index (κ1) is 21.8.